The zero-order valence-corrected chi connectivity index (χ0v) is 18.1. The zero-order chi connectivity index (χ0) is 19.9. The molecule has 0 heterocycles. The highest BCUT2D eigenvalue weighted by Gasteiger charge is 2.21. The Labute approximate surface area is 161 Å². The summed E-state index contributed by atoms with van der Waals surface area (Å²) < 4.78 is 5.49. The van der Waals surface area contributed by atoms with Gasteiger partial charge in [0.15, 0.2) is 0 Å². The number of carbonyl (C=O) groups excluding carboxylic acids is 2. The van der Waals surface area contributed by atoms with Crippen molar-refractivity contribution in [2.75, 3.05) is 27.2 Å². The number of hydrogen-bond acceptors (Lipinski definition) is 4. The second-order valence-electron chi connectivity index (χ2n) is 7.38. The van der Waals surface area contributed by atoms with E-state index in [1.807, 2.05) is 11.8 Å². The van der Waals surface area contributed by atoms with E-state index in [-0.39, 0.29) is 18.0 Å². The highest BCUT2D eigenvalue weighted by atomic mass is 16.5. The largest absolute Gasteiger partial charge is 0.462 e. The van der Waals surface area contributed by atoms with Crippen LogP contribution in [0.5, 0.6) is 0 Å². The van der Waals surface area contributed by atoms with Crippen LogP contribution < -0.4 is 0 Å². The minimum absolute atomic E-state index is 0.0234. The average molecular weight is 371 g/mol. The number of ether oxygens (including phenoxy) is 1. The maximum atomic E-state index is 12.7. The molecule has 5 heteroatoms. The molecule has 0 aliphatic carbocycles. The highest BCUT2D eigenvalue weighted by molar-refractivity contribution is 5.77. The molecule has 26 heavy (non-hydrogen) atoms. The molecular weight excluding hydrogens is 328 g/mol. The van der Waals surface area contributed by atoms with Crippen LogP contribution in [-0.4, -0.2) is 61.0 Å². The SMILES string of the molecule is CCCC(CC)OC(=O)CCCC(=O)N(CCCN(C)C)C(CC)CC. The third kappa shape index (κ3) is 10.8. The average Bonchev–Trinajstić information content (AvgIpc) is 2.60. The van der Waals surface area contributed by atoms with Crippen LogP contribution in [-0.2, 0) is 14.3 Å². The van der Waals surface area contributed by atoms with E-state index < -0.39 is 0 Å². The molecule has 0 radical (unpaired) electrons. The van der Waals surface area contributed by atoms with Gasteiger partial charge in [0.2, 0.25) is 5.91 Å². The normalized spacial score (nSPS) is 12.5. The topological polar surface area (TPSA) is 49.9 Å². The lowest BCUT2D eigenvalue weighted by Gasteiger charge is -2.31. The summed E-state index contributed by atoms with van der Waals surface area (Å²) in [6.07, 6.45) is 7.07. The van der Waals surface area contributed by atoms with Crippen molar-refractivity contribution >= 4 is 11.9 Å². The summed E-state index contributed by atoms with van der Waals surface area (Å²) in [5, 5.41) is 0. The van der Waals surface area contributed by atoms with Crippen LogP contribution in [0, 0.1) is 0 Å². The predicted octanol–water partition coefficient (Wildman–Crippen LogP) is 4.25. The first-order valence-electron chi connectivity index (χ1n) is 10.5. The Bertz CT molecular complexity index is 381. The standard InChI is InChI=1S/C21H42N2O3/c1-7-13-19(10-4)26-21(25)15-11-14-20(24)23(18(8-2)9-3)17-12-16-22(5)6/h18-19H,7-17H2,1-6H3. The molecule has 1 amide bonds. The van der Waals surface area contributed by atoms with Gasteiger partial charge in [-0.1, -0.05) is 34.1 Å². The van der Waals surface area contributed by atoms with Gasteiger partial charge >= 0.3 is 5.97 Å². The smallest absolute Gasteiger partial charge is 0.306 e. The fraction of sp³-hybridized carbons (Fsp3) is 0.905. The molecule has 0 bridgehead atoms. The predicted molar refractivity (Wildman–Crippen MR) is 108 cm³/mol. The van der Waals surface area contributed by atoms with Crippen LogP contribution in [0.2, 0.25) is 0 Å². The molecular formula is C21H42N2O3. The van der Waals surface area contributed by atoms with E-state index in [4.69, 9.17) is 4.74 Å². The monoisotopic (exact) mass is 370 g/mol. The molecule has 0 aromatic heterocycles. The molecule has 1 atom stereocenters. The van der Waals surface area contributed by atoms with Crippen LogP contribution in [0.15, 0.2) is 0 Å². The Hall–Kier alpha value is -1.10. The molecule has 0 aliphatic rings. The first-order valence-corrected chi connectivity index (χ1v) is 10.5. The summed E-state index contributed by atoms with van der Waals surface area (Å²) in [6.45, 7) is 10.2. The third-order valence-electron chi connectivity index (χ3n) is 4.84. The molecule has 1 unspecified atom stereocenters. The quantitative estimate of drug-likeness (QED) is 0.404. The van der Waals surface area contributed by atoms with E-state index in [1.165, 1.54) is 0 Å². The van der Waals surface area contributed by atoms with Crippen molar-refractivity contribution < 1.29 is 14.3 Å². The molecule has 5 nitrogen and oxygen atoms in total. The van der Waals surface area contributed by atoms with Gasteiger partial charge in [0, 0.05) is 25.4 Å². The van der Waals surface area contributed by atoms with E-state index >= 15 is 0 Å². The molecule has 0 saturated heterocycles. The number of nitrogens with zero attached hydrogens (tertiary/aromatic N) is 2. The number of carbonyl (C=O) groups is 2. The summed E-state index contributed by atoms with van der Waals surface area (Å²) in [4.78, 5) is 28.9. The molecule has 0 rings (SSSR count). The molecule has 0 N–H and O–H groups in total. The number of amides is 1. The summed E-state index contributed by atoms with van der Waals surface area (Å²) >= 11 is 0. The molecule has 0 fully saturated rings. The number of esters is 1. The Balaban J connectivity index is 4.43. The van der Waals surface area contributed by atoms with Gasteiger partial charge in [-0.3, -0.25) is 9.59 Å². The molecule has 0 saturated carbocycles. The van der Waals surface area contributed by atoms with Crippen molar-refractivity contribution in [2.24, 2.45) is 0 Å². The van der Waals surface area contributed by atoms with E-state index in [0.717, 1.165) is 51.6 Å². The van der Waals surface area contributed by atoms with Crippen molar-refractivity contribution in [1.82, 2.24) is 9.80 Å². The summed E-state index contributed by atoms with van der Waals surface area (Å²) in [5.74, 6) is 0.00523. The first kappa shape index (κ1) is 24.9. The van der Waals surface area contributed by atoms with E-state index in [1.54, 1.807) is 0 Å². The van der Waals surface area contributed by atoms with Gasteiger partial charge in [0.05, 0.1) is 0 Å². The lowest BCUT2D eigenvalue weighted by molar-refractivity contribution is -0.149. The van der Waals surface area contributed by atoms with Gasteiger partial charge in [0.25, 0.3) is 0 Å². The lowest BCUT2D eigenvalue weighted by Crippen LogP contribution is -2.41. The fourth-order valence-corrected chi connectivity index (χ4v) is 3.24. The maximum absolute atomic E-state index is 12.7. The Morgan fingerprint density at radius 1 is 0.885 bits per heavy atom. The van der Waals surface area contributed by atoms with Crippen molar-refractivity contribution in [3.05, 3.63) is 0 Å². The summed E-state index contributed by atoms with van der Waals surface area (Å²) in [6, 6.07) is 0.297. The molecule has 0 spiro atoms. The lowest BCUT2D eigenvalue weighted by atomic mass is 10.1. The van der Waals surface area contributed by atoms with Gasteiger partial charge < -0.3 is 14.5 Å². The maximum Gasteiger partial charge on any atom is 0.306 e. The van der Waals surface area contributed by atoms with Crippen molar-refractivity contribution in [3.63, 3.8) is 0 Å². The second kappa shape index (κ2) is 15.0. The Kier molecular flexibility index (Phi) is 14.4. The summed E-state index contributed by atoms with van der Waals surface area (Å²) in [5.41, 5.74) is 0. The second-order valence-corrected chi connectivity index (χ2v) is 7.38. The molecule has 0 aromatic rings. The van der Waals surface area contributed by atoms with Crippen LogP contribution in [0.25, 0.3) is 0 Å². The van der Waals surface area contributed by atoms with Crippen molar-refractivity contribution in [2.45, 2.75) is 97.6 Å². The number of hydrogen-bond donors (Lipinski definition) is 0. The highest BCUT2D eigenvalue weighted by Crippen LogP contribution is 2.14. The molecule has 154 valence electrons. The summed E-state index contributed by atoms with van der Waals surface area (Å²) in [7, 11) is 4.11. The third-order valence-corrected chi connectivity index (χ3v) is 4.84. The zero-order valence-electron chi connectivity index (χ0n) is 18.1. The van der Waals surface area contributed by atoms with Gasteiger partial charge in [-0.15, -0.1) is 0 Å². The Morgan fingerprint density at radius 3 is 2.04 bits per heavy atom. The molecule has 0 aliphatic heterocycles. The minimum atomic E-state index is -0.167. The van der Waals surface area contributed by atoms with Crippen LogP contribution in [0.1, 0.15) is 85.5 Å². The van der Waals surface area contributed by atoms with Gasteiger partial charge in [-0.2, -0.15) is 0 Å². The minimum Gasteiger partial charge on any atom is -0.462 e. The van der Waals surface area contributed by atoms with Crippen LogP contribution >= 0.6 is 0 Å². The van der Waals surface area contributed by atoms with Crippen molar-refractivity contribution in [1.29, 1.82) is 0 Å². The van der Waals surface area contributed by atoms with E-state index in [0.29, 0.717) is 25.3 Å². The van der Waals surface area contributed by atoms with Crippen LogP contribution in [0.3, 0.4) is 0 Å². The molecule has 0 aromatic carbocycles. The van der Waals surface area contributed by atoms with Gasteiger partial charge in [-0.05, 0) is 59.2 Å². The fourth-order valence-electron chi connectivity index (χ4n) is 3.24. The van der Waals surface area contributed by atoms with Crippen molar-refractivity contribution in [3.8, 4) is 0 Å². The van der Waals surface area contributed by atoms with Gasteiger partial charge in [-0.25, -0.2) is 0 Å². The van der Waals surface area contributed by atoms with E-state index in [9.17, 15) is 9.59 Å². The Morgan fingerprint density at radius 2 is 1.54 bits per heavy atom. The van der Waals surface area contributed by atoms with Crippen LogP contribution in [0.4, 0.5) is 0 Å². The first-order chi connectivity index (χ1) is 12.4. The number of rotatable bonds is 15. The van der Waals surface area contributed by atoms with Gasteiger partial charge in [0.1, 0.15) is 6.10 Å². The van der Waals surface area contributed by atoms with E-state index in [2.05, 4.69) is 39.8 Å².